The molecule has 0 saturated heterocycles. The second-order valence-electron chi connectivity index (χ2n) is 32.2. The van der Waals surface area contributed by atoms with Gasteiger partial charge < -0.3 is 119 Å². The van der Waals surface area contributed by atoms with Gasteiger partial charge in [-0.05, 0) is 114 Å². The number of pyridine rings is 4. The molecule has 8 aliphatic rings. The van der Waals surface area contributed by atoms with Gasteiger partial charge in [0, 0.05) is 151 Å². The predicted octanol–water partition coefficient (Wildman–Crippen LogP) is -1.09. The van der Waals surface area contributed by atoms with Gasteiger partial charge in [0.2, 0.25) is 0 Å². The van der Waals surface area contributed by atoms with E-state index in [9.17, 15) is 57.5 Å². The zero-order valence-corrected chi connectivity index (χ0v) is 79.4. The number of carbonyl (C=O) groups is 9. The molecule has 0 spiro atoms. The van der Waals surface area contributed by atoms with Crippen molar-refractivity contribution in [2.75, 3.05) is 264 Å². The number of ether oxygens (including phenoxy) is 11. The first-order chi connectivity index (χ1) is 64.8. The fourth-order valence-electron chi connectivity index (χ4n) is 13.0. The summed E-state index contributed by atoms with van der Waals surface area (Å²) in [7, 11) is 3.14. The number of alkyl carbamates (subject to hydrolysis) is 1. The molecule has 12 heterocycles. The molecule has 134 heavy (non-hydrogen) atoms. The van der Waals surface area contributed by atoms with Crippen molar-refractivity contribution in [2.24, 2.45) is 0 Å². The van der Waals surface area contributed by atoms with Gasteiger partial charge in [0.15, 0.2) is 49.4 Å². The van der Waals surface area contributed by atoms with Crippen LogP contribution in [-0.4, -0.2) is 368 Å². The minimum Gasteiger partial charge on any atom is -0.478 e. The average Bonchev–Trinajstić information content (AvgIpc) is 0.817. The Kier molecular flexibility index (Phi) is 53.9. The van der Waals surface area contributed by atoms with E-state index in [-0.39, 0.29) is 210 Å². The summed E-state index contributed by atoms with van der Waals surface area (Å²) >= 11 is 0. The number of nitrogens with zero attached hydrogens (tertiary/aromatic N) is 8. The summed E-state index contributed by atoms with van der Waals surface area (Å²) in [4.78, 5) is 215. The Hall–Kier alpha value is -11.2. The fourth-order valence-corrected chi connectivity index (χ4v) is 13.0. The molecule has 0 radical (unpaired) electrons. The molecular formula is C89H143N17O28. The van der Waals surface area contributed by atoms with Crippen LogP contribution in [0.4, 0.5) is 4.79 Å². The molecule has 9 amide bonds. The van der Waals surface area contributed by atoms with E-state index >= 15 is 4.79 Å². The number of unbranched alkanes of at least 4 members (excludes halogenated alkanes) is 5. The Morgan fingerprint density at radius 3 is 0.970 bits per heavy atom. The summed E-state index contributed by atoms with van der Waals surface area (Å²) in [6.45, 7) is 16.1. The lowest BCUT2D eigenvalue weighted by Crippen LogP contribution is -2.50. The molecule has 45 nitrogen and oxygen atoms in total. The summed E-state index contributed by atoms with van der Waals surface area (Å²) in [6, 6.07) is 9.46. The lowest BCUT2D eigenvalue weighted by molar-refractivity contribution is -0.124. The first-order valence-corrected chi connectivity index (χ1v) is 46.3. The van der Waals surface area contributed by atoms with Gasteiger partial charge in [-0.3, -0.25) is 77.1 Å². The number of aromatic nitrogens is 4. The molecule has 9 N–H and O–H groups in total. The van der Waals surface area contributed by atoms with Gasteiger partial charge in [-0.1, -0.05) is 53.4 Å². The van der Waals surface area contributed by atoms with Crippen LogP contribution in [0.2, 0.25) is 0 Å². The van der Waals surface area contributed by atoms with Crippen molar-refractivity contribution in [1.82, 2.24) is 86.4 Å². The highest BCUT2D eigenvalue weighted by molar-refractivity contribution is 5.94. The van der Waals surface area contributed by atoms with Crippen molar-refractivity contribution >= 4 is 53.4 Å². The highest BCUT2D eigenvalue weighted by Crippen LogP contribution is 2.15. The molecule has 0 aliphatic carbocycles. The summed E-state index contributed by atoms with van der Waals surface area (Å²) < 4.78 is 64.6. The second kappa shape index (κ2) is 64.7. The third kappa shape index (κ3) is 43.0. The van der Waals surface area contributed by atoms with Crippen LogP contribution < -0.4 is 108 Å². The van der Waals surface area contributed by atoms with Gasteiger partial charge in [-0.2, -0.15) is 0 Å². The summed E-state index contributed by atoms with van der Waals surface area (Å²) in [5.74, 6) is -6.60. The van der Waals surface area contributed by atoms with Crippen LogP contribution in [0.1, 0.15) is 161 Å². The van der Waals surface area contributed by atoms with E-state index in [0.29, 0.717) is 130 Å². The van der Waals surface area contributed by atoms with Crippen molar-refractivity contribution in [2.45, 2.75) is 131 Å². The van der Waals surface area contributed by atoms with Gasteiger partial charge in [0.1, 0.15) is 54.8 Å². The normalized spacial score (nSPS) is 16.5. The Balaban J connectivity index is 1.40. The second-order valence-corrected chi connectivity index (χ2v) is 32.2. The van der Waals surface area contributed by atoms with E-state index < -0.39 is 114 Å². The van der Waals surface area contributed by atoms with Crippen molar-refractivity contribution in [3.05, 3.63) is 113 Å². The first-order valence-electron chi connectivity index (χ1n) is 46.3. The van der Waals surface area contributed by atoms with Crippen molar-refractivity contribution in [1.29, 1.82) is 0 Å². The standard InChI is InChI=1S/C89H143N17O28/c1-10-14-48-130-103-68-21-25-72(84(103)115)126-63-76(107)90-30-37-100(46-52-122-58-60-124-56-54-120-8)38-31-91-77(108)64-127-73-26-22-69(104(85(73)116)131-49-15-11-2)81(112)95-35-42-99(41-34-94-80(68)111)44-45-102-43-36-96-82(113)70-23-27-74(86(117)105(70)132-50-16-12-3)128-65-78(109)92-32-39-101(47-53-123-59-61-125-57-55-121-9)40-33-93-79(110)66-129-75-28-24-71(106(87(75)118)133-51-17-13-4)83(114)98-67(62-102)20-18-19-29-97-88(119)134-89(5,6)7/h21-28,67H,10-20,29-66H2,1-9H3,(H,90,107)(H,91,108)(H,92,109)(H,93,110)(H,94,111)(H,95,112)(H,96,113)(H,97,119)(H,98,114). The van der Waals surface area contributed by atoms with E-state index in [4.69, 9.17) is 71.5 Å². The predicted molar refractivity (Wildman–Crippen MR) is 491 cm³/mol. The van der Waals surface area contributed by atoms with Crippen LogP contribution in [0, 0.1) is 0 Å². The number of hydrogen-bond acceptors (Lipinski definition) is 32. The molecule has 1 unspecified atom stereocenters. The van der Waals surface area contributed by atoms with Crippen LogP contribution in [0.15, 0.2) is 67.7 Å². The van der Waals surface area contributed by atoms with Gasteiger partial charge in [0.05, 0.1) is 66.1 Å². The number of methoxy groups -OCH3 is 2. The SMILES string of the molecule is CCCCOn1c2ccc(c1=O)OCC(=O)NCCN(CCOCCOCCOC)CCNC(=O)COc1ccc(n(OCCCC)c1=O)C(=O)NCCN(CCN1CCNC(=O)c3ccc(c(=O)n3OCCCC)OCC(=O)NCCN(CCOCCOCCOC)CCNC(=O)COc3ccc(n(OCCCC)c3=O)C(=O)NC(CCCCNC(=O)OC(C)(C)C)C1)CCNC2=O. The summed E-state index contributed by atoms with van der Waals surface area (Å²) in [5, 5.41) is 25.8. The van der Waals surface area contributed by atoms with E-state index in [1.54, 1.807) is 35.0 Å². The van der Waals surface area contributed by atoms with Gasteiger partial charge in [0.25, 0.3) is 47.3 Å². The van der Waals surface area contributed by atoms with Crippen LogP contribution in [0.3, 0.4) is 0 Å². The summed E-state index contributed by atoms with van der Waals surface area (Å²) in [6.07, 6.45) is 4.82. The maximum absolute atomic E-state index is 15.2. The van der Waals surface area contributed by atoms with Crippen LogP contribution in [0.5, 0.6) is 23.0 Å². The minimum atomic E-state index is -0.894. The third-order valence-electron chi connectivity index (χ3n) is 20.3. The quantitative estimate of drug-likeness (QED) is 0.0238. The topological polar surface area (TPSA) is 501 Å². The first kappa shape index (κ1) is 112. The number of rotatable bonds is 42. The molecule has 752 valence electrons. The zero-order chi connectivity index (χ0) is 97.1. The lowest BCUT2D eigenvalue weighted by Gasteiger charge is -2.31. The molecule has 0 saturated carbocycles. The highest BCUT2D eigenvalue weighted by Gasteiger charge is 2.28. The Bertz CT molecular complexity index is 4350. The molecule has 4 aromatic rings. The van der Waals surface area contributed by atoms with Crippen LogP contribution >= 0.6 is 0 Å². The van der Waals surface area contributed by atoms with Gasteiger partial charge >= 0.3 is 28.3 Å². The Labute approximate surface area is 781 Å². The van der Waals surface area contributed by atoms with Crippen LogP contribution in [0.25, 0.3) is 0 Å². The van der Waals surface area contributed by atoms with Crippen molar-refractivity contribution in [3.8, 4) is 23.0 Å². The number of nitrogens with one attached hydrogen (secondary N) is 9. The Morgan fingerprint density at radius 1 is 0.358 bits per heavy atom. The number of hydrogen-bond donors (Lipinski definition) is 9. The molecule has 8 bridgehead atoms. The third-order valence-corrected chi connectivity index (χ3v) is 20.3. The fraction of sp³-hybridized carbons (Fsp3) is 0.674. The molecule has 4 aromatic heterocycles. The average molecular weight is 1900 g/mol. The molecule has 8 aliphatic heterocycles. The van der Waals surface area contributed by atoms with E-state index in [2.05, 4.69) is 47.9 Å². The number of carbonyl (C=O) groups excluding carboxylic acids is 9. The largest absolute Gasteiger partial charge is 0.478 e. The molecular weight excluding hydrogens is 1760 g/mol. The molecule has 12 rings (SSSR count). The minimum absolute atomic E-state index is 0.000758. The smallest absolute Gasteiger partial charge is 0.407 e. The van der Waals surface area contributed by atoms with Gasteiger partial charge in [-0.15, -0.1) is 18.9 Å². The molecule has 0 fully saturated rings. The maximum atomic E-state index is 15.2. The van der Waals surface area contributed by atoms with Crippen molar-refractivity contribution in [3.63, 3.8) is 0 Å². The molecule has 45 heteroatoms. The van der Waals surface area contributed by atoms with Crippen LogP contribution in [-0.2, 0) is 52.3 Å². The van der Waals surface area contributed by atoms with Crippen molar-refractivity contribution < 1.29 is 115 Å². The molecule has 1 atom stereocenters. The number of amides is 9. The maximum Gasteiger partial charge on any atom is 0.407 e. The highest BCUT2D eigenvalue weighted by atomic mass is 16.7. The molecule has 0 aromatic carbocycles. The lowest BCUT2D eigenvalue weighted by atomic mass is 10.1. The summed E-state index contributed by atoms with van der Waals surface area (Å²) in [5.41, 5.74) is -5.24. The van der Waals surface area contributed by atoms with E-state index in [1.165, 1.54) is 48.5 Å². The van der Waals surface area contributed by atoms with Gasteiger partial charge in [-0.25, -0.2) is 4.79 Å². The Morgan fingerprint density at radius 2 is 0.649 bits per heavy atom. The van der Waals surface area contributed by atoms with E-state index in [0.717, 1.165) is 18.9 Å². The van der Waals surface area contributed by atoms with E-state index in [1.807, 2.05) is 47.3 Å². The zero-order valence-electron chi connectivity index (χ0n) is 79.4. The monoisotopic (exact) mass is 1900 g/mol.